The Bertz CT molecular complexity index is 171. The Hall–Kier alpha value is 0.130. The van der Waals surface area contributed by atoms with Crippen molar-refractivity contribution in [2.45, 2.75) is 44.2 Å². The molecule has 2 saturated carbocycles. The van der Waals surface area contributed by atoms with Gasteiger partial charge in [-0.2, -0.15) is 0 Å². The molecule has 0 spiro atoms. The van der Waals surface area contributed by atoms with Crippen molar-refractivity contribution in [3.05, 3.63) is 0 Å². The lowest BCUT2D eigenvalue weighted by molar-refractivity contribution is 0.305. The van der Waals surface area contributed by atoms with E-state index in [1.54, 1.807) is 0 Å². The van der Waals surface area contributed by atoms with E-state index in [2.05, 4.69) is 0 Å². The van der Waals surface area contributed by atoms with Crippen molar-refractivity contribution >= 4 is 15.7 Å². The average Bonchev–Trinajstić information content (AvgIpc) is 2.42. The van der Waals surface area contributed by atoms with Gasteiger partial charge in [0.25, 0.3) is 0 Å². The maximum Gasteiger partial charge on any atom is 0.0617 e. The summed E-state index contributed by atoms with van der Waals surface area (Å²) < 4.78 is 0. The molecule has 0 saturated heterocycles. The maximum atomic E-state index is 5.82. The van der Waals surface area contributed by atoms with E-state index >= 15 is 0 Å². The van der Waals surface area contributed by atoms with Crippen LogP contribution in [0.25, 0.3) is 0 Å². The Morgan fingerprint density at radius 1 is 1.25 bits per heavy atom. The van der Waals surface area contributed by atoms with Gasteiger partial charge < -0.3 is 0 Å². The van der Waals surface area contributed by atoms with Gasteiger partial charge in [0.15, 0.2) is 0 Å². The predicted molar refractivity (Wildman–Crippen MR) is 53.4 cm³/mol. The zero-order valence-corrected chi connectivity index (χ0v) is 7.92. The third kappa shape index (κ3) is 1.72. The van der Waals surface area contributed by atoms with Crippen LogP contribution in [0.1, 0.15) is 39.0 Å². The van der Waals surface area contributed by atoms with Crippen LogP contribution in [0.4, 0.5) is 0 Å². The van der Waals surface area contributed by atoms with Crippen LogP contribution in [0, 0.1) is 17.8 Å². The summed E-state index contributed by atoms with van der Waals surface area (Å²) in [5, 5.41) is -0.435. The average molecular weight is 158 g/mol. The Morgan fingerprint density at radius 2 is 2.00 bits per heavy atom. The maximum absolute atomic E-state index is 5.82. The first-order chi connectivity index (χ1) is 5.54. The molecule has 4 radical (unpaired) electrons. The monoisotopic (exact) mass is 158 g/mol. The molecule has 0 aromatic rings. The van der Waals surface area contributed by atoms with Crippen molar-refractivity contribution in [1.29, 1.82) is 0 Å². The first kappa shape index (κ1) is 8.72. The molecule has 3 unspecified atom stereocenters. The summed E-state index contributed by atoms with van der Waals surface area (Å²) in [6, 6.07) is 0. The highest BCUT2D eigenvalue weighted by Crippen LogP contribution is 2.51. The molecule has 2 bridgehead atoms. The lowest BCUT2D eigenvalue weighted by Gasteiger charge is -2.29. The van der Waals surface area contributed by atoms with Gasteiger partial charge in [-0.25, -0.2) is 0 Å². The third-order valence-corrected chi connectivity index (χ3v) is 3.59. The molecular weight excluding hydrogens is 142 g/mol. The van der Waals surface area contributed by atoms with Crippen LogP contribution in [0.3, 0.4) is 0 Å². The van der Waals surface area contributed by atoms with Gasteiger partial charge in [0.1, 0.15) is 0 Å². The molecule has 0 aromatic carbocycles. The highest BCUT2D eigenvalue weighted by molar-refractivity contribution is 6.39. The van der Waals surface area contributed by atoms with E-state index in [1.165, 1.54) is 25.7 Å². The molecule has 2 aliphatic rings. The van der Waals surface area contributed by atoms with Crippen molar-refractivity contribution < 1.29 is 0 Å². The molecule has 2 aliphatic carbocycles. The van der Waals surface area contributed by atoms with Crippen LogP contribution in [-0.2, 0) is 0 Å². The van der Waals surface area contributed by atoms with E-state index in [-0.39, 0.29) is 0 Å². The van der Waals surface area contributed by atoms with Gasteiger partial charge in [0, 0.05) is 0 Å². The number of fused-ring (bicyclic) bond motifs is 2. The molecule has 3 atom stereocenters. The van der Waals surface area contributed by atoms with Gasteiger partial charge in [-0.05, 0) is 37.0 Å². The van der Waals surface area contributed by atoms with Crippen molar-refractivity contribution in [2.75, 3.05) is 0 Å². The largest absolute Gasteiger partial charge is 0.101 e. The van der Waals surface area contributed by atoms with Crippen molar-refractivity contribution in [3.63, 3.8) is 0 Å². The first-order valence-electron chi connectivity index (χ1n) is 5.12. The smallest absolute Gasteiger partial charge is 0.0617 e. The van der Waals surface area contributed by atoms with Gasteiger partial charge in [-0.3, -0.25) is 0 Å². The molecule has 62 valence electrons. The molecule has 2 fully saturated rings. The summed E-state index contributed by atoms with van der Waals surface area (Å²) in [5.41, 5.74) is 0. The van der Waals surface area contributed by atoms with Crippen LogP contribution < -0.4 is 0 Å². The zero-order chi connectivity index (χ0) is 8.77. The summed E-state index contributed by atoms with van der Waals surface area (Å²) in [5.74, 6) is 2.81. The summed E-state index contributed by atoms with van der Waals surface area (Å²) in [6.45, 7) is 1.94. The fourth-order valence-electron chi connectivity index (χ4n) is 3.19. The summed E-state index contributed by atoms with van der Waals surface area (Å²) in [6.07, 6.45) is 6.78. The van der Waals surface area contributed by atoms with Gasteiger partial charge in [0.2, 0.25) is 0 Å². The highest BCUT2D eigenvalue weighted by Gasteiger charge is 2.40. The van der Waals surface area contributed by atoms with Crippen LogP contribution in [0.15, 0.2) is 0 Å². The topological polar surface area (TPSA) is 0 Å². The van der Waals surface area contributed by atoms with Crippen LogP contribution in [-0.4, -0.2) is 15.7 Å². The molecule has 0 amide bonds. The minimum atomic E-state index is -0.435. The van der Waals surface area contributed by atoms with E-state index < -0.39 is 5.21 Å². The Balaban J connectivity index is 1.91. The van der Waals surface area contributed by atoms with E-state index in [0.717, 1.165) is 24.2 Å². The SMILES string of the molecule is [B]C([B])(C)CC1CC2CCC1C2. The molecule has 2 rings (SSSR count). The molecule has 2 heteroatoms. The molecule has 0 aliphatic heterocycles. The second kappa shape index (κ2) is 2.82. The number of hydrogen-bond acceptors (Lipinski definition) is 0. The summed E-state index contributed by atoms with van der Waals surface area (Å²) >= 11 is 0. The fraction of sp³-hybridized carbons (Fsp3) is 1.00. The van der Waals surface area contributed by atoms with E-state index in [9.17, 15) is 0 Å². The van der Waals surface area contributed by atoms with Crippen LogP contribution in [0.2, 0.25) is 5.21 Å². The Labute approximate surface area is 78.3 Å². The van der Waals surface area contributed by atoms with Gasteiger partial charge in [-0.15, -0.1) is 5.21 Å². The standard InChI is InChI=1S/C10H16B2/c1-10(11,12)6-9-5-7-2-3-8(9)4-7/h7-9H,2-6H2,1H3. The minimum absolute atomic E-state index is 0.435. The molecule has 0 aromatic heterocycles. The van der Waals surface area contributed by atoms with Gasteiger partial charge in [0.05, 0.1) is 15.7 Å². The highest BCUT2D eigenvalue weighted by atomic mass is 14.4. The summed E-state index contributed by atoms with van der Waals surface area (Å²) in [4.78, 5) is 0. The minimum Gasteiger partial charge on any atom is -0.101 e. The van der Waals surface area contributed by atoms with Crippen molar-refractivity contribution in [2.24, 2.45) is 17.8 Å². The lowest BCUT2D eigenvalue weighted by Crippen LogP contribution is -2.18. The third-order valence-electron chi connectivity index (χ3n) is 3.59. The van der Waals surface area contributed by atoms with Crippen molar-refractivity contribution in [3.8, 4) is 0 Å². The quantitative estimate of drug-likeness (QED) is 0.540. The molecule has 0 nitrogen and oxygen atoms in total. The van der Waals surface area contributed by atoms with Gasteiger partial charge in [-0.1, -0.05) is 19.8 Å². The Kier molecular flexibility index (Phi) is 2.05. The van der Waals surface area contributed by atoms with E-state index in [4.69, 9.17) is 15.7 Å². The number of rotatable bonds is 2. The summed E-state index contributed by atoms with van der Waals surface area (Å²) in [7, 11) is 11.6. The van der Waals surface area contributed by atoms with Crippen molar-refractivity contribution in [1.82, 2.24) is 0 Å². The predicted octanol–water partition coefficient (Wildman–Crippen LogP) is 2.29. The Morgan fingerprint density at radius 3 is 2.42 bits per heavy atom. The molecule has 12 heavy (non-hydrogen) atoms. The van der Waals surface area contributed by atoms with Crippen LogP contribution >= 0.6 is 0 Å². The van der Waals surface area contributed by atoms with Gasteiger partial charge >= 0.3 is 0 Å². The second-order valence-corrected chi connectivity index (χ2v) is 5.14. The fourth-order valence-corrected chi connectivity index (χ4v) is 3.19. The molecule has 0 N–H and O–H groups in total. The van der Waals surface area contributed by atoms with Crippen LogP contribution in [0.5, 0.6) is 0 Å². The number of hydrogen-bond donors (Lipinski definition) is 0. The molecular formula is C10H16B2. The molecule has 0 heterocycles. The van der Waals surface area contributed by atoms with E-state index in [1.807, 2.05) is 6.92 Å². The lowest BCUT2D eigenvalue weighted by atomic mass is 9.51. The normalized spacial score (nSPS) is 40.6. The first-order valence-corrected chi connectivity index (χ1v) is 5.12. The second-order valence-electron chi connectivity index (χ2n) is 5.14. The van der Waals surface area contributed by atoms with E-state index in [0.29, 0.717) is 0 Å². The zero-order valence-electron chi connectivity index (χ0n) is 7.92.